The van der Waals surface area contributed by atoms with Crippen molar-refractivity contribution in [3.8, 4) is 0 Å². The van der Waals surface area contributed by atoms with Gasteiger partial charge in [0, 0.05) is 18.5 Å². The lowest BCUT2D eigenvalue weighted by molar-refractivity contribution is -0.986. The Bertz CT molecular complexity index is 513. The van der Waals surface area contributed by atoms with E-state index in [1.807, 2.05) is 0 Å². The van der Waals surface area contributed by atoms with Crippen LogP contribution in [0.1, 0.15) is 5.56 Å². The fourth-order valence-electron chi connectivity index (χ4n) is 1.17. The van der Waals surface area contributed by atoms with Crippen molar-refractivity contribution in [2.75, 3.05) is 0 Å². The van der Waals surface area contributed by atoms with Crippen LogP contribution in [0.15, 0.2) is 23.3 Å². The minimum absolute atomic E-state index is 0.566. The van der Waals surface area contributed by atoms with Crippen molar-refractivity contribution < 1.29 is 14.8 Å². The molecule has 1 heterocycles. The van der Waals surface area contributed by atoms with Gasteiger partial charge in [0.05, 0.1) is 0 Å². The molecule has 0 spiro atoms. The lowest BCUT2D eigenvalue weighted by Crippen LogP contribution is -2.52. The third-order valence-electron chi connectivity index (χ3n) is 1.95. The standard InChI is InChI=1S/C6H4N4O7/c11-5-1-2-7-3-4(5)6(8(12)13,9(14)15)10(16)17/h1-3H,(H,7,11). The van der Waals surface area contributed by atoms with Gasteiger partial charge in [-0.05, 0) is 0 Å². The normalized spacial score (nSPS) is 10.8. The molecule has 0 bridgehead atoms. The summed E-state index contributed by atoms with van der Waals surface area (Å²) in [7, 11) is 0. The van der Waals surface area contributed by atoms with Crippen molar-refractivity contribution in [3.63, 3.8) is 0 Å². The molecule has 0 aromatic carbocycles. The van der Waals surface area contributed by atoms with Gasteiger partial charge in [0.15, 0.2) is 14.8 Å². The van der Waals surface area contributed by atoms with Gasteiger partial charge in [-0.2, -0.15) is 0 Å². The fourth-order valence-corrected chi connectivity index (χ4v) is 1.17. The zero-order valence-electron chi connectivity index (χ0n) is 7.93. The fraction of sp³-hybridized carbons (Fsp3) is 0.167. The maximum atomic E-state index is 11.2. The Labute approximate surface area is 91.1 Å². The molecular formula is C6H4N4O7. The van der Waals surface area contributed by atoms with Crippen LogP contribution < -0.4 is 5.43 Å². The van der Waals surface area contributed by atoms with Crippen LogP contribution in [0, 0.1) is 30.3 Å². The van der Waals surface area contributed by atoms with Gasteiger partial charge in [0.25, 0.3) is 5.56 Å². The van der Waals surface area contributed by atoms with Crippen LogP contribution in [0.3, 0.4) is 0 Å². The molecule has 0 aliphatic heterocycles. The van der Waals surface area contributed by atoms with E-state index in [9.17, 15) is 35.1 Å². The number of hydrogen-bond acceptors (Lipinski definition) is 7. The summed E-state index contributed by atoms with van der Waals surface area (Å²) in [5, 5.41) is 31.9. The van der Waals surface area contributed by atoms with Crippen molar-refractivity contribution in [1.29, 1.82) is 0 Å². The monoisotopic (exact) mass is 244 g/mol. The third kappa shape index (κ3) is 1.58. The van der Waals surface area contributed by atoms with Gasteiger partial charge in [0.1, 0.15) is 0 Å². The van der Waals surface area contributed by atoms with Gasteiger partial charge in [-0.3, -0.25) is 35.1 Å². The largest absolute Gasteiger partial charge is 0.733 e. The number of aromatic amines is 1. The second kappa shape index (κ2) is 3.96. The van der Waals surface area contributed by atoms with Crippen molar-refractivity contribution in [2.45, 2.75) is 5.79 Å². The summed E-state index contributed by atoms with van der Waals surface area (Å²) < 4.78 is 0. The number of H-pyrrole nitrogens is 1. The SMILES string of the molecule is O=c1cc[nH]cc1C([N+](=O)[O-])([N+](=O)[O-])[N+](=O)[O-]. The molecule has 0 amide bonds. The summed E-state index contributed by atoms with van der Waals surface area (Å²) in [6.07, 6.45) is 1.60. The van der Waals surface area contributed by atoms with Crippen LogP contribution in [-0.2, 0) is 5.79 Å². The van der Waals surface area contributed by atoms with E-state index in [1.54, 1.807) is 0 Å². The molecule has 11 nitrogen and oxygen atoms in total. The molecular weight excluding hydrogens is 240 g/mol. The van der Waals surface area contributed by atoms with E-state index in [4.69, 9.17) is 0 Å². The Kier molecular flexibility index (Phi) is 2.84. The van der Waals surface area contributed by atoms with Crippen LogP contribution in [-0.4, -0.2) is 19.8 Å². The Morgan fingerprint density at radius 2 is 1.53 bits per heavy atom. The van der Waals surface area contributed by atoms with Gasteiger partial charge in [-0.1, -0.05) is 0 Å². The van der Waals surface area contributed by atoms with E-state index in [-0.39, 0.29) is 0 Å². The molecule has 1 aromatic rings. The van der Waals surface area contributed by atoms with Gasteiger partial charge in [0.2, 0.25) is 5.43 Å². The van der Waals surface area contributed by atoms with E-state index < -0.39 is 31.5 Å². The van der Waals surface area contributed by atoms with Crippen LogP contribution >= 0.6 is 0 Å². The lowest BCUT2D eigenvalue weighted by Gasteiger charge is -2.07. The predicted octanol–water partition coefficient (Wildman–Crippen LogP) is -0.685. The number of pyridine rings is 1. The lowest BCUT2D eigenvalue weighted by atomic mass is 10.1. The van der Waals surface area contributed by atoms with Crippen molar-refractivity contribution in [3.05, 3.63) is 64.6 Å². The number of rotatable bonds is 4. The van der Waals surface area contributed by atoms with Gasteiger partial charge in [-0.25, -0.2) is 0 Å². The van der Waals surface area contributed by atoms with E-state index in [0.717, 1.165) is 12.3 Å². The van der Waals surface area contributed by atoms with Gasteiger partial charge in [-0.15, -0.1) is 0 Å². The maximum Gasteiger partial charge on any atom is 0.733 e. The highest BCUT2D eigenvalue weighted by Gasteiger charge is 2.74. The van der Waals surface area contributed by atoms with Crippen LogP contribution in [0.5, 0.6) is 0 Å². The molecule has 11 heteroatoms. The molecule has 1 rings (SSSR count). The zero-order chi connectivity index (χ0) is 13.2. The van der Waals surface area contributed by atoms with Crippen molar-refractivity contribution in [1.82, 2.24) is 4.98 Å². The first kappa shape index (κ1) is 12.2. The molecule has 0 unspecified atom stereocenters. The molecule has 0 saturated heterocycles. The summed E-state index contributed by atoms with van der Waals surface area (Å²) in [6, 6.07) is 0.723. The van der Waals surface area contributed by atoms with E-state index in [1.165, 1.54) is 0 Å². The van der Waals surface area contributed by atoms with Crippen LogP contribution in [0.25, 0.3) is 0 Å². The molecule has 1 aromatic heterocycles. The quantitative estimate of drug-likeness (QED) is 0.416. The molecule has 90 valence electrons. The summed E-state index contributed by atoms with van der Waals surface area (Å²) in [5.41, 5.74) is -2.34. The number of nitrogens with one attached hydrogen (secondary N) is 1. The first-order valence-electron chi connectivity index (χ1n) is 3.96. The summed E-state index contributed by atoms with van der Waals surface area (Å²) in [5.74, 6) is -3.89. The summed E-state index contributed by atoms with van der Waals surface area (Å²) >= 11 is 0. The smallest absolute Gasteiger partial charge is 0.366 e. The Morgan fingerprint density at radius 1 is 1.06 bits per heavy atom. The van der Waals surface area contributed by atoms with E-state index in [0.29, 0.717) is 6.20 Å². The average Bonchev–Trinajstić information content (AvgIpc) is 2.19. The highest BCUT2D eigenvalue weighted by atomic mass is 16.7. The number of aromatic nitrogens is 1. The van der Waals surface area contributed by atoms with E-state index >= 15 is 0 Å². The maximum absolute atomic E-state index is 11.2. The minimum Gasteiger partial charge on any atom is -0.366 e. The van der Waals surface area contributed by atoms with Crippen LogP contribution in [0.4, 0.5) is 0 Å². The third-order valence-corrected chi connectivity index (χ3v) is 1.95. The Balaban J connectivity index is 3.72. The molecule has 0 fully saturated rings. The van der Waals surface area contributed by atoms with Crippen molar-refractivity contribution >= 4 is 0 Å². The van der Waals surface area contributed by atoms with Gasteiger partial charge < -0.3 is 4.98 Å². The van der Waals surface area contributed by atoms with Gasteiger partial charge >= 0.3 is 5.79 Å². The molecule has 0 atom stereocenters. The summed E-state index contributed by atoms with van der Waals surface area (Å²) in [6.45, 7) is 0. The number of nitrogens with zero attached hydrogens (tertiary/aromatic N) is 3. The molecule has 0 aliphatic rings. The molecule has 0 saturated carbocycles. The highest BCUT2D eigenvalue weighted by molar-refractivity contribution is 5.12. The van der Waals surface area contributed by atoms with Crippen LogP contribution in [0.2, 0.25) is 0 Å². The van der Waals surface area contributed by atoms with Crippen molar-refractivity contribution in [2.24, 2.45) is 0 Å². The minimum atomic E-state index is -3.89. The Hall–Kier alpha value is -2.85. The summed E-state index contributed by atoms with van der Waals surface area (Å²) in [4.78, 5) is 40.1. The molecule has 0 aliphatic carbocycles. The average molecular weight is 244 g/mol. The topological polar surface area (TPSA) is 162 Å². The van der Waals surface area contributed by atoms with E-state index in [2.05, 4.69) is 4.98 Å². The first-order chi connectivity index (χ1) is 7.85. The Morgan fingerprint density at radius 3 is 1.88 bits per heavy atom. The number of hydrogen-bond donors (Lipinski definition) is 1. The highest BCUT2D eigenvalue weighted by Crippen LogP contribution is 2.23. The first-order valence-corrected chi connectivity index (χ1v) is 3.96. The second-order valence-electron chi connectivity index (χ2n) is 2.83. The molecule has 17 heavy (non-hydrogen) atoms. The molecule has 0 radical (unpaired) electrons. The second-order valence-corrected chi connectivity index (χ2v) is 2.83. The zero-order valence-corrected chi connectivity index (χ0v) is 7.93. The molecule has 1 N–H and O–H groups in total. The number of nitro groups is 3. The predicted molar refractivity (Wildman–Crippen MR) is 49.7 cm³/mol.